The van der Waals surface area contributed by atoms with Crippen LogP contribution in [0.5, 0.6) is 0 Å². The Hall–Kier alpha value is -1.72. The van der Waals surface area contributed by atoms with Gasteiger partial charge in [-0.05, 0) is 36.4 Å². The molecule has 5 heteroatoms. The number of hydrogen-bond acceptors (Lipinski definition) is 4. The lowest BCUT2D eigenvalue weighted by Crippen LogP contribution is -2.31. The van der Waals surface area contributed by atoms with Gasteiger partial charge in [0, 0.05) is 24.9 Å². The first-order valence-corrected chi connectivity index (χ1v) is 7.60. The summed E-state index contributed by atoms with van der Waals surface area (Å²) in [5.74, 6) is -0.0688. The highest BCUT2D eigenvalue weighted by Gasteiger charge is 2.17. The molecule has 1 atom stereocenters. The first kappa shape index (κ1) is 13.3. The second-order valence-corrected chi connectivity index (χ2v) is 5.70. The molecular weight excluding hydrogens is 272 g/mol. The zero-order valence-electron chi connectivity index (χ0n) is 11.0. The second-order valence-electron chi connectivity index (χ2n) is 4.75. The summed E-state index contributed by atoms with van der Waals surface area (Å²) >= 11 is 1.62. The summed E-state index contributed by atoms with van der Waals surface area (Å²) in [5.41, 5.74) is 1.48. The molecule has 0 radical (unpaired) electrons. The topological polar surface area (TPSA) is 51.2 Å². The smallest absolute Gasteiger partial charge is 0.251 e. The predicted octanol–water partition coefficient (Wildman–Crippen LogP) is 2.72. The largest absolute Gasteiger partial charge is 0.376 e. The number of pyridine rings is 1. The minimum Gasteiger partial charge on any atom is -0.376 e. The summed E-state index contributed by atoms with van der Waals surface area (Å²) < 4.78 is 5.50. The number of amides is 1. The van der Waals surface area contributed by atoms with Crippen molar-refractivity contribution in [1.82, 2.24) is 10.3 Å². The van der Waals surface area contributed by atoms with Gasteiger partial charge in [0.25, 0.3) is 5.91 Å². The van der Waals surface area contributed by atoms with Gasteiger partial charge >= 0.3 is 0 Å². The average molecular weight is 288 g/mol. The van der Waals surface area contributed by atoms with Crippen LogP contribution in [0.3, 0.4) is 0 Å². The molecule has 0 bridgehead atoms. The Morgan fingerprint density at radius 2 is 2.45 bits per heavy atom. The number of hydrogen-bond donors (Lipinski definition) is 1. The van der Waals surface area contributed by atoms with E-state index in [0.29, 0.717) is 12.1 Å². The third-order valence-electron chi connectivity index (χ3n) is 3.31. The molecule has 104 valence electrons. The first-order chi connectivity index (χ1) is 9.83. The zero-order valence-corrected chi connectivity index (χ0v) is 11.9. The molecule has 3 rings (SSSR count). The first-order valence-electron chi connectivity index (χ1n) is 6.72. The number of rotatable bonds is 4. The van der Waals surface area contributed by atoms with Crippen molar-refractivity contribution in [2.75, 3.05) is 13.2 Å². The molecule has 1 fully saturated rings. The highest BCUT2D eigenvalue weighted by molar-refractivity contribution is 7.13. The Morgan fingerprint density at radius 1 is 1.50 bits per heavy atom. The van der Waals surface area contributed by atoms with Crippen LogP contribution in [0.4, 0.5) is 0 Å². The van der Waals surface area contributed by atoms with Gasteiger partial charge in [-0.2, -0.15) is 0 Å². The summed E-state index contributed by atoms with van der Waals surface area (Å²) in [6, 6.07) is 7.55. The van der Waals surface area contributed by atoms with Crippen LogP contribution in [0.1, 0.15) is 23.2 Å². The van der Waals surface area contributed by atoms with E-state index in [9.17, 15) is 4.79 Å². The molecule has 2 aromatic rings. The molecule has 0 aromatic carbocycles. The van der Waals surface area contributed by atoms with Gasteiger partial charge in [0.05, 0.1) is 16.7 Å². The number of ether oxygens (including phenoxy) is 1. The van der Waals surface area contributed by atoms with Crippen molar-refractivity contribution in [2.45, 2.75) is 18.9 Å². The molecule has 0 spiro atoms. The van der Waals surface area contributed by atoms with Crippen molar-refractivity contribution in [3.8, 4) is 10.6 Å². The molecule has 0 saturated carbocycles. The molecule has 3 heterocycles. The van der Waals surface area contributed by atoms with Gasteiger partial charge in [-0.15, -0.1) is 11.3 Å². The lowest BCUT2D eigenvalue weighted by molar-refractivity contribution is 0.0857. The van der Waals surface area contributed by atoms with Gasteiger partial charge in [0.15, 0.2) is 0 Å². The van der Waals surface area contributed by atoms with E-state index in [2.05, 4.69) is 10.3 Å². The van der Waals surface area contributed by atoms with Crippen LogP contribution in [0, 0.1) is 0 Å². The number of thiophene rings is 1. The summed E-state index contributed by atoms with van der Waals surface area (Å²) in [6.07, 6.45) is 3.95. The Labute approximate surface area is 121 Å². The van der Waals surface area contributed by atoms with E-state index in [1.54, 1.807) is 23.6 Å². The quantitative estimate of drug-likeness (QED) is 0.941. The summed E-state index contributed by atoms with van der Waals surface area (Å²) in [7, 11) is 0. The van der Waals surface area contributed by atoms with Crippen LogP contribution in [0.2, 0.25) is 0 Å². The van der Waals surface area contributed by atoms with Crippen LogP contribution in [0.25, 0.3) is 10.6 Å². The van der Waals surface area contributed by atoms with Crippen molar-refractivity contribution < 1.29 is 9.53 Å². The molecular formula is C15H16N2O2S. The van der Waals surface area contributed by atoms with Gasteiger partial charge in [0.1, 0.15) is 0 Å². The Kier molecular flexibility index (Phi) is 4.08. The van der Waals surface area contributed by atoms with E-state index in [0.717, 1.165) is 30.0 Å². The molecule has 0 aliphatic carbocycles. The zero-order chi connectivity index (χ0) is 13.8. The van der Waals surface area contributed by atoms with E-state index >= 15 is 0 Å². The van der Waals surface area contributed by atoms with Crippen LogP contribution in [0.15, 0.2) is 35.8 Å². The highest BCUT2D eigenvalue weighted by atomic mass is 32.1. The van der Waals surface area contributed by atoms with Crippen LogP contribution in [-0.2, 0) is 4.74 Å². The van der Waals surface area contributed by atoms with Gasteiger partial charge in [-0.3, -0.25) is 9.78 Å². The molecule has 2 aromatic heterocycles. The summed E-state index contributed by atoms with van der Waals surface area (Å²) in [4.78, 5) is 17.5. The van der Waals surface area contributed by atoms with Crippen LogP contribution in [-0.4, -0.2) is 30.1 Å². The van der Waals surface area contributed by atoms with E-state index < -0.39 is 0 Å². The summed E-state index contributed by atoms with van der Waals surface area (Å²) in [5, 5.41) is 4.93. The van der Waals surface area contributed by atoms with Crippen molar-refractivity contribution in [3.05, 3.63) is 41.4 Å². The SMILES string of the molecule is O=C(NCC1CCCO1)c1ccnc(-c2cccs2)c1. The van der Waals surface area contributed by atoms with Crippen molar-refractivity contribution in [1.29, 1.82) is 0 Å². The fraction of sp³-hybridized carbons (Fsp3) is 0.333. The average Bonchev–Trinajstić information content (AvgIpc) is 3.18. The van der Waals surface area contributed by atoms with Crippen molar-refractivity contribution in [3.63, 3.8) is 0 Å². The number of aromatic nitrogens is 1. The minimum atomic E-state index is -0.0688. The fourth-order valence-electron chi connectivity index (χ4n) is 2.24. The molecule has 1 aliphatic heterocycles. The van der Waals surface area contributed by atoms with Gasteiger partial charge in [-0.1, -0.05) is 6.07 Å². The Bertz CT molecular complexity index is 577. The molecule has 1 aliphatic rings. The third-order valence-corrected chi connectivity index (χ3v) is 4.20. The molecule has 1 N–H and O–H groups in total. The monoisotopic (exact) mass is 288 g/mol. The lowest BCUT2D eigenvalue weighted by Gasteiger charge is -2.11. The fourth-order valence-corrected chi connectivity index (χ4v) is 2.94. The normalized spacial score (nSPS) is 18.1. The van der Waals surface area contributed by atoms with E-state index in [-0.39, 0.29) is 12.0 Å². The molecule has 1 saturated heterocycles. The number of carbonyl (C=O) groups is 1. The lowest BCUT2D eigenvalue weighted by atomic mass is 10.2. The highest BCUT2D eigenvalue weighted by Crippen LogP contribution is 2.23. The molecule has 20 heavy (non-hydrogen) atoms. The van der Waals surface area contributed by atoms with Crippen LogP contribution < -0.4 is 5.32 Å². The van der Waals surface area contributed by atoms with Crippen LogP contribution >= 0.6 is 11.3 Å². The third kappa shape index (κ3) is 3.05. The predicted molar refractivity (Wildman–Crippen MR) is 78.9 cm³/mol. The Balaban J connectivity index is 1.66. The number of nitrogens with zero attached hydrogens (tertiary/aromatic N) is 1. The van der Waals surface area contributed by atoms with E-state index in [4.69, 9.17) is 4.74 Å². The number of nitrogens with one attached hydrogen (secondary N) is 1. The van der Waals surface area contributed by atoms with Crippen molar-refractivity contribution >= 4 is 17.2 Å². The van der Waals surface area contributed by atoms with Crippen molar-refractivity contribution in [2.24, 2.45) is 0 Å². The maximum Gasteiger partial charge on any atom is 0.251 e. The van der Waals surface area contributed by atoms with Gasteiger partial charge in [0.2, 0.25) is 0 Å². The maximum absolute atomic E-state index is 12.1. The molecule has 4 nitrogen and oxygen atoms in total. The van der Waals surface area contributed by atoms with E-state index in [1.807, 2.05) is 23.6 Å². The van der Waals surface area contributed by atoms with Gasteiger partial charge in [-0.25, -0.2) is 0 Å². The maximum atomic E-state index is 12.1. The standard InChI is InChI=1S/C15H16N2O2S/c18-15(17-10-12-3-1-7-19-12)11-5-6-16-13(9-11)14-4-2-8-20-14/h2,4-6,8-9,12H,1,3,7,10H2,(H,17,18). The summed E-state index contributed by atoms with van der Waals surface area (Å²) in [6.45, 7) is 1.38. The Morgan fingerprint density at radius 3 is 3.20 bits per heavy atom. The molecule has 1 amide bonds. The number of carbonyl (C=O) groups excluding carboxylic acids is 1. The molecule has 1 unspecified atom stereocenters. The van der Waals surface area contributed by atoms with E-state index in [1.165, 1.54) is 0 Å². The second kappa shape index (κ2) is 6.15. The van der Waals surface area contributed by atoms with Gasteiger partial charge < -0.3 is 10.1 Å². The minimum absolute atomic E-state index is 0.0688.